The van der Waals surface area contributed by atoms with Crippen molar-refractivity contribution in [1.82, 2.24) is 24.8 Å². The number of aromatic nitrogens is 3. The van der Waals surface area contributed by atoms with Crippen molar-refractivity contribution < 1.29 is 19.1 Å². The molecule has 3 heterocycles. The normalized spacial score (nSPS) is 18.8. The highest BCUT2D eigenvalue weighted by atomic mass is 16.5. The van der Waals surface area contributed by atoms with E-state index in [0.29, 0.717) is 49.9 Å². The maximum Gasteiger partial charge on any atom is 0.276 e. The molecule has 0 saturated carbocycles. The van der Waals surface area contributed by atoms with Crippen LogP contribution in [0.4, 0.5) is 0 Å². The molecule has 2 atom stereocenters. The number of piperazine rings is 1. The average Bonchev–Trinajstić information content (AvgIpc) is 3.32. The largest absolute Gasteiger partial charge is 0.481 e. The maximum absolute atomic E-state index is 13.2. The van der Waals surface area contributed by atoms with Gasteiger partial charge in [-0.3, -0.25) is 9.59 Å². The molecule has 0 N–H and O–H groups in total. The Kier molecular flexibility index (Phi) is 6.27. The number of carbonyl (C=O) groups excluding carboxylic acids is 2. The van der Waals surface area contributed by atoms with Crippen LogP contribution in [0, 0.1) is 0 Å². The number of nitrogens with zero attached hydrogens (tertiary/aromatic N) is 5. The lowest BCUT2D eigenvalue weighted by molar-refractivity contribution is -0.139. The molecular formula is C25H27N5O4. The van der Waals surface area contributed by atoms with Gasteiger partial charge in [-0.05, 0) is 24.6 Å². The molecule has 1 saturated heterocycles. The summed E-state index contributed by atoms with van der Waals surface area (Å²) in [4.78, 5) is 29.4. The topological polar surface area (TPSA) is 89.8 Å². The Morgan fingerprint density at radius 2 is 1.62 bits per heavy atom. The van der Waals surface area contributed by atoms with Crippen molar-refractivity contribution in [2.24, 2.45) is 0 Å². The summed E-state index contributed by atoms with van der Waals surface area (Å²) in [5.74, 6) is 0.395. The molecule has 2 aliphatic heterocycles. The molecule has 0 aliphatic carbocycles. The van der Waals surface area contributed by atoms with E-state index in [1.54, 1.807) is 21.4 Å². The number of amides is 2. The van der Waals surface area contributed by atoms with Crippen LogP contribution in [-0.2, 0) is 22.7 Å². The summed E-state index contributed by atoms with van der Waals surface area (Å²) in [5, 5.41) is 8.38. The summed E-state index contributed by atoms with van der Waals surface area (Å²) < 4.78 is 13.5. The van der Waals surface area contributed by atoms with E-state index in [4.69, 9.17) is 9.47 Å². The van der Waals surface area contributed by atoms with Crippen molar-refractivity contribution in [3.63, 3.8) is 0 Å². The Morgan fingerprint density at radius 1 is 0.971 bits per heavy atom. The van der Waals surface area contributed by atoms with Crippen LogP contribution in [0.1, 0.15) is 34.8 Å². The van der Waals surface area contributed by atoms with Crippen LogP contribution in [0.25, 0.3) is 0 Å². The fourth-order valence-electron chi connectivity index (χ4n) is 4.34. The van der Waals surface area contributed by atoms with Crippen LogP contribution in [0.2, 0.25) is 0 Å². The van der Waals surface area contributed by atoms with Crippen molar-refractivity contribution >= 4 is 11.8 Å². The summed E-state index contributed by atoms with van der Waals surface area (Å²) in [7, 11) is 0. The number of ether oxygens (including phenoxy) is 2. The minimum Gasteiger partial charge on any atom is -0.481 e. The predicted molar refractivity (Wildman–Crippen MR) is 123 cm³/mol. The van der Waals surface area contributed by atoms with Gasteiger partial charge in [-0.2, -0.15) is 0 Å². The zero-order valence-electron chi connectivity index (χ0n) is 19.0. The van der Waals surface area contributed by atoms with Crippen molar-refractivity contribution in [2.45, 2.75) is 32.3 Å². The molecule has 34 heavy (non-hydrogen) atoms. The minimum atomic E-state index is -0.594. The molecule has 2 aromatic carbocycles. The van der Waals surface area contributed by atoms with E-state index < -0.39 is 6.10 Å². The molecule has 0 bridgehead atoms. The van der Waals surface area contributed by atoms with Crippen LogP contribution in [0.15, 0.2) is 60.7 Å². The van der Waals surface area contributed by atoms with Gasteiger partial charge < -0.3 is 19.3 Å². The first-order chi connectivity index (χ1) is 16.6. The SMILES string of the molecule is CC(Oc1ccccc1)C(=O)N1CCN(C(=O)c2nnn3c2COC(c2ccccc2)C3)CC1. The number of benzene rings is 2. The molecular weight excluding hydrogens is 434 g/mol. The number of hydrogen-bond donors (Lipinski definition) is 0. The van der Waals surface area contributed by atoms with Gasteiger partial charge in [0.1, 0.15) is 11.9 Å². The average molecular weight is 462 g/mol. The summed E-state index contributed by atoms with van der Waals surface area (Å²) in [5.41, 5.74) is 2.09. The van der Waals surface area contributed by atoms with Crippen LogP contribution in [0.3, 0.4) is 0 Å². The van der Waals surface area contributed by atoms with E-state index >= 15 is 0 Å². The lowest BCUT2D eigenvalue weighted by Gasteiger charge is -2.35. The standard InChI is InChI=1S/C25H27N5O4/c1-18(34-20-10-6-3-7-11-20)24(31)28-12-14-29(15-13-28)25(32)23-21-17-33-22(16-30(21)27-26-23)19-8-4-2-5-9-19/h2-11,18,22H,12-17H2,1H3. The summed E-state index contributed by atoms with van der Waals surface area (Å²) in [6, 6.07) is 19.2. The second-order valence-corrected chi connectivity index (χ2v) is 8.47. The molecule has 1 fully saturated rings. The third-order valence-electron chi connectivity index (χ3n) is 6.25. The van der Waals surface area contributed by atoms with Crippen molar-refractivity contribution in [3.05, 3.63) is 77.6 Å². The predicted octanol–water partition coefficient (Wildman–Crippen LogP) is 2.30. The first-order valence-corrected chi connectivity index (χ1v) is 11.5. The quantitative estimate of drug-likeness (QED) is 0.579. The molecule has 0 radical (unpaired) electrons. The van der Waals surface area contributed by atoms with Gasteiger partial charge in [-0.25, -0.2) is 4.68 Å². The summed E-state index contributed by atoms with van der Waals surface area (Å²) in [6.07, 6.45) is -0.711. The number of rotatable bonds is 5. The van der Waals surface area contributed by atoms with Gasteiger partial charge in [-0.1, -0.05) is 53.7 Å². The zero-order valence-corrected chi connectivity index (χ0v) is 19.0. The number of hydrogen-bond acceptors (Lipinski definition) is 6. The smallest absolute Gasteiger partial charge is 0.276 e. The maximum atomic E-state index is 13.2. The zero-order chi connectivity index (χ0) is 23.5. The van der Waals surface area contributed by atoms with Crippen molar-refractivity contribution in [1.29, 1.82) is 0 Å². The van der Waals surface area contributed by atoms with E-state index in [0.717, 1.165) is 5.56 Å². The van der Waals surface area contributed by atoms with E-state index in [2.05, 4.69) is 10.3 Å². The first kappa shape index (κ1) is 22.1. The first-order valence-electron chi connectivity index (χ1n) is 11.5. The van der Waals surface area contributed by atoms with Gasteiger partial charge in [-0.15, -0.1) is 5.10 Å². The lowest BCUT2D eigenvalue weighted by Crippen LogP contribution is -2.53. The molecule has 5 rings (SSSR count). The molecule has 0 spiro atoms. The number of carbonyl (C=O) groups is 2. The minimum absolute atomic E-state index is 0.0858. The third kappa shape index (κ3) is 4.51. The summed E-state index contributed by atoms with van der Waals surface area (Å²) >= 11 is 0. The van der Waals surface area contributed by atoms with Crippen LogP contribution in [0.5, 0.6) is 5.75 Å². The van der Waals surface area contributed by atoms with E-state index in [1.165, 1.54) is 0 Å². The van der Waals surface area contributed by atoms with Crippen LogP contribution < -0.4 is 4.74 Å². The van der Waals surface area contributed by atoms with Crippen molar-refractivity contribution in [2.75, 3.05) is 26.2 Å². The molecule has 9 nitrogen and oxygen atoms in total. The second-order valence-electron chi connectivity index (χ2n) is 8.47. The van der Waals surface area contributed by atoms with Gasteiger partial charge in [0.2, 0.25) is 0 Å². The van der Waals surface area contributed by atoms with E-state index in [1.807, 2.05) is 60.7 Å². The molecule has 2 amide bonds. The van der Waals surface area contributed by atoms with Gasteiger partial charge in [0.15, 0.2) is 11.8 Å². The van der Waals surface area contributed by atoms with E-state index in [9.17, 15) is 9.59 Å². The Balaban J connectivity index is 1.18. The molecule has 2 aliphatic rings. The van der Waals surface area contributed by atoms with Gasteiger partial charge in [0.05, 0.1) is 18.8 Å². The Morgan fingerprint density at radius 3 is 2.32 bits per heavy atom. The fourth-order valence-corrected chi connectivity index (χ4v) is 4.34. The Hall–Kier alpha value is -3.72. The monoisotopic (exact) mass is 461 g/mol. The Labute approximate surface area is 197 Å². The van der Waals surface area contributed by atoms with Gasteiger partial charge in [0, 0.05) is 26.2 Å². The van der Waals surface area contributed by atoms with Gasteiger partial charge >= 0.3 is 0 Å². The molecule has 3 aromatic rings. The van der Waals surface area contributed by atoms with Crippen molar-refractivity contribution in [3.8, 4) is 5.75 Å². The fraction of sp³-hybridized carbons (Fsp3) is 0.360. The highest BCUT2D eigenvalue weighted by molar-refractivity contribution is 5.93. The van der Waals surface area contributed by atoms with Crippen LogP contribution >= 0.6 is 0 Å². The lowest BCUT2D eigenvalue weighted by atomic mass is 10.1. The summed E-state index contributed by atoms with van der Waals surface area (Å²) in [6.45, 7) is 4.30. The molecule has 9 heteroatoms. The highest BCUT2D eigenvalue weighted by Gasteiger charge is 2.33. The molecule has 176 valence electrons. The molecule has 1 aromatic heterocycles. The molecule has 2 unspecified atom stereocenters. The van der Waals surface area contributed by atoms with Gasteiger partial charge in [0.25, 0.3) is 11.8 Å². The second kappa shape index (κ2) is 9.64. The third-order valence-corrected chi connectivity index (χ3v) is 6.25. The van der Waals surface area contributed by atoms with Crippen LogP contribution in [-0.4, -0.2) is 68.9 Å². The highest BCUT2D eigenvalue weighted by Crippen LogP contribution is 2.27. The number of para-hydroxylation sites is 1. The Bertz CT molecular complexity index is 1140. The van der Waals surface area contributed by atoms with E-state index in [-0.39, 0.29) is 24.5 Å². The number of fused-ring (bicyclic) bond motifs is 1.